The third-order valence-electron chi connectivity index (χ3n) is 4.35. The number of carbonyl (C=O) groups excluding carboxylic acids is 2. The fourth-order valence-electron chi connectivity index (χ4n) is 3.01. The van der Waals surface area contributed by atoms with E-state index in [1.807, 2.05) is 60.7 Å². The van der Waals surface area contributed by atoms with E-state index in [2.05, 4.69) is 0 Å². The van der Waals surface area contributed by atoms with Crippen molar-refractivity contribution in [2.24, 2.45) is 0 Å². The van der Waals surface area contributed by atoms with Crippen LogP contribution in [0, 0.1) is 0 Å². The van der Waals surface area contributed by atoms with Crippen molar-refractivity contribution in [2.45, 2.75) is 19.4 Å². The maximum Gasteiger partial charge on any atom is 0.229 e. The molecule has 2 amide bonds. The summed E-state index contributed by atoms with van der Waals surface area (Å²) >= 11 is 0. The molecule has 1 heterocycles. The molecule has 0 saturated carbocycles. The van der Waals surface area contributed by atoms with Gasteiger partial charge < -0.3 is 9.80 Å². The van der Waals surface area contributed by atoms with Gasteiger partial charge >= 0.3 is 0 Å². The number of fused-ring (bicyclic) bond motifs is 1. The molecule has 1 atom stereocenters. The highest BCUT2D eigenvalue weighted by Gasteiger charge is 2.29. The maximum atomic E-state index is 12.8. The molecule has 0 bridgehead atoms. The Kier molecular flexibility index (Phi) is 4.47. The standard InChI is InChI=1S/C20H20N2O2/c1-15(23)22-13-12-16-8-6-7-11-18(16)19(22)14-20(24)21(2)17-9-4-3-5-10-17/h3-13,19H,14H2,1-2H3. The molecular weight excluding hydrogens is 300 g/mol. The first-order chi connectivity index (χ1) is 11.6. The number of hydrogen-bond donors (Lipinski definition) is 0. The summed E-state index contributed by atoms with van der Waals surface area (Å²) in [5, 5.41) is 0. The average Bonchev–Trinajstić information content (AvgIpc) is 2.61. The van der Waals surface area contributed by atoms with E-state index in [-0.39, 0.29) is 24.3 Å². The molecule has 1 aliphatic heterocycles. The van der Waals surface area contributed by atoms with Crippen LogP contribution < -0.4 is 4.90 Å². The highest BCUT2D eigenvalue weighted by Crippen LogP contribution is 2.33. The molecule has 0 aliphatic carbocycles. The predicted molar refractivity (Wildman–Crippen MR) is 95.2 cm³/mol. The third kappa shape index (κ3) is 3.08. The molecule has 1 aliphatic rings. The SMILES string of the molecule is CC(=O)N1C=Cc2ccccc2C1CC(=O)N(C)c1ccccc1. The van der Waals surface area contributed by atoms with E-state index < -0.39 is 0 Å². The van der Waals surface area contributed by atoms with E-state index in [1.165, 1.54) is 6.92 Å². The van der Waals surface area contributed by atoms with Crippen molar-refractivity contribution >= 4 is 23.6 Å². The molecule has 0 fully saturated rings. The molecular formula is C20H20N2O2. The number of nitrogens with zero attached hydrogens (tertiary/aromatic N) is 2. The van der Waals surface area contributed by atoms with E-state index in [0.717, 1.165) is 16.8 Å². The maximum absolute atomic E-state index is 12.8. The molecule has 0 saturated heterocycles. The minimum atomic E-state index is -0.276. The summed E-state index contributed by atoms with van der Waals surface area (Å²) in [7, 11) is 1.76. The minimum Gasteiger partial charge on any atom is -0.315 e. The number of amides is 2. The van der Waals surface area contributed by atoms with Crippen LogP contribution in [0.15, 0.2) is 60.8 Å². The predicted octanol–water partition coefficient (Wildman–Crippen LogP) is 3.61. The number of benzene rings is 2. The fraction of sp³-hybridized carbons (Fsp3) is 0.200. The van der Waals surface area contributed by atoms with Crippen LogP contribution in [0.5, 0.6) is 0 Å². The zero-order valence-electron chi connectivity index (χ0n) is 13.8. The van der Waals surface area contributed by atoms with Gasteiger partial charge in [0.05, 0.1) is 12.5 Å². The Labute approximate surface area is 142 Å². The molecule has 1 unspecified atom stereocenters. The summed E-state index contributed by atoms with van der Waals surface area (Å²) in [6, 6.07) is 17.1. The smallest absolute Gasteiger partial charge is 0.229 e. The summed E-state index contributed by atoms with van der Waals surface area (Å²) in [5.74, 6) is -0.0940. The van der Waals surface area contributed by atoms with Crippen LogP contribution in [0.2, 0.25) is 0 Å². The van der Waals surface area contributed by atoms with Gasteiger partial charge in [0.25, 0.3) is 0 Å². The van der Waals surface area contributed by atoms with Gasteiger partial charge in [0.15, 0.2) is 0 Å². The van der Waals surface area contributed by atoms with Crippen molar-refractivity contribution < 1.29 is 9.59 Å². The Bertz CT molecular complexity index is 783. The fourth-order valence-corrected chi connectivity index (χ4v) is 3.01. The second-order valence-electron chi connectivity index (χ2n) is 5.88. The minimum absolute atomic E-state index is 0.0254. The van der Waals surface area contributed by atoms with Gasteiger partial charge in [-0.05, 0) is 29.3 Å². The monoisotopic (exact) mass is 320 g/mol. The van der Waals surface area contributed by atoms with Gasteiger partial charge in [-0.1, -0.05) is 42.5 Å². The van der Waals surface area contributed by atoms with Gasteiger partial charge in [0, 0.05) is 25.9 Å². The third-order valence-corrected chi connectivity index (χ3v) is 4.35. The van der Waals surface area contributed by atoms with Crippen LogP contribution >= 0.6 is 0 Å². The van der Waals surface area contributed by atoms with Gasteiger partial charge in [0.2, 0.25) is 11.8 Å². The highest BCUT2D eigenvalue weighted by atomic mass is 16.2. The lowest BCUT2D eigenvalue weighted by Crippen LogP contribution is -2.36. The molecule has 0 aromatic heterocycles. The van der Waals surface area contributed by atoms with Gasteiger partial charge in [-0.3, -0.25) is 9.59 Å². The van der Waals surface area contributed by atoms with Crippen LogP contribution in [-0.2, 0) is 9.59 Å². The normalized spacial score (nSPS) is 15.8. The van der Waals surface area contributed by atoms with Crippen molar-refractivity contribution in [2.75, 3.05) is 11.9 Å². The van der Waals surface area contributed by atoms with E-state index >= 15 is 0 Å². The first-order valence-corrected chi connectivity index (χ1v) is 7.95. The van der Waals surface area contributed by atoms with Gasteiger partial charge in [-0.15, -0.1) is 0 Å². The molecule has 2 aromatic rings. The Morgan fingerprint density at radius 1 is 1.04 bits per heavy atom. The lowest BCUT2D eigenvalue weighted by molar-refractivity contribution is -0.129. The topological polar surface area (TPSA) is 40.6 Å². The molecule has 4 nitrogen and oxygen atoms in total. The number of rotatable bonds is 3. The summed E-state index contributed by atoms with van der Waals surface area (Å²) in [5.41, 5.74) is 2.90. The van der Waals surface area contributed by atoms with Crippen LogP contribution in [0.25, 0.3) is 6.08 Å². The number of carbonyl (C=O) groups is 2. The molecule has 2 aromatic carbocycles. The number of anilines is 1. The molecule has 4 heteroatoms. The van der Waals surface area contributed by atoms with Gasteiger partial charge in [-0.25, -0.2) is 0 Å². The van der Waals surface area contributed by atoms with Crippen molar-refractivity contribution in [3.05, 3.63) is 71.9 Å². The Morgan fingerprint density at radius 3 is 2.42 bits per heavy atom. The van der Waals surface area contributed by atoms with E-state index in [4.69, 9.17) is 0 Å². The molecule has 0 radical (unpaired) electrons. The second-order valence-corrected chi connectivity index (χ2v) is 5.88. The first kappa shape index (κ1) is 16.0. The highest BCUT2D eigenvalue weighted by molar-refractivity contribution is 5.94. The number of para-hydroxylation sites is 1. The molecule has 3 rings (SSSR count). The molecule has 24 heavy (non-hydrogen) atoms. The van der Waals surface area contributed by atoms with Gasteiger partial charge in [-0.2, -0.15) is 0 Å². The van der Waals surface area contributed by atoms with E-state index in [0.29, 0.717) is 0 Å². The van der Waals surface area contributed by atoms with Gasteiger partial charge in [0.1, 0.15) is 0 Å². The van der Waals surface area contributed by atoms with E-state index in [9.17, 15) is 9.59 Å². The van der Waals surface area contributed by atoms with Crippen LogP contribution in [-0.4, -0.2) is 23.8 Å². The number of hydrogen-bond acceptors (Lipinski definition) is 2. The second kappa shape index (κ2) is 6.71. The summed E-state index contributed by atoms with van der Waals surface area (Å²) in [4.78, 5) is 28.0. The van der Waals surface area contributed by atoms with Crippen LogP contribution in [0.4, 0.5) is 5.69 Å². The summed E-state index contributed by atoms with van der Waals surface area (Å²) in [6.45, 7) is 1.52. The Morgan fingerprint density at radius 2 is 1.71 bits per heavy atom. The first-order valence-electron chi connectivity index (χ1n) is 7.95. The zero-order chi connectivity index (χ0) is 17.1. The zero-order valence-corrected chi connectivity index (χ0v) is 13.8. The van der Waals surface area contributed by atoms with Crippen molar-refractivity contribution in [3.8, 4) is 0 Å². The lowest BCUT2D eigenvalue weighted by atomic mass is 9.93. The summed E-state index contributed by atoms with van der Waals surface area (Å²) in [6.07, 6.45) is 3.93. The Balaban J connectivity index is 1.87. The van der Waals surface area contributed by atoms with Crippen molar-refractivity contribution in [3.63, 3.8) is 0 Å². The lowest BCUT2D eigenvalue weighted by Gasteiger charge is -2.33. The van der Waals surface area contributed by atoms with Crippen LogP contribution in [0.1, 0.15) is 30.5 Å². The van der Waals surface area contributed by atoms with Crippen molar-refractivity contribution in [1.29, 1.82) is 0 Å². The molecule has 122 valence electrons. The summed E-state index contributed by atoms with van der Waals surface area (Å²) < 4.78 is 0. The van der Waals surface area contributed by atoms with Crippen LogP contribution in [0.3, 0.4) is 0 Å². The average molecular weight is 320 g/mol. The van der Waals surface area contributed by atoms with Crippen molar-refractivity contribution in [1.82, 2.24) is 4.90 Å². The Hall–Kier alpha value is -2.88. The largest absolute Gasteiger partial charge is 0.315 e. The van der Waals surface area contributed by atoms with E-state index in [1.54, 1.807) is 23.0 Å². The quantitative estimate of drug-likeness (QED) is 0.867. The molecule has 0 spiro atoms. The molecule has 0 N–H and O–H groups in total.